The van der Waals surface area contributed by atoms with Gasteiger partial charge in [0.2, 0.25) is 5.91 Å². The number of carbonyl (C=O) groups is 1. The minimum Gasteiger partial charge on any atom is -0.325 e. The number of amidine groups is 1. The molecule has 2 unspecified atom stereocenters. The van der Waals surface area contributed by atoms with E-state index < -0.39 is 27.7 Å². The fraction of sp³-hybridized carbons (Fsp3) is 0.333. The second kappa shape index (κ2) is 8.91. The zero-order valence-corrected chi connectivity index (χ0v) is 19.9. The number of aryl methyl sites for hydroxylation is 1. The molecule has 31 heavy (non-hydrogen) atoms. The van der Waals surface area contributed by atoms with Gasteiger partial charge in [-0.3, -0.25) is 9.79 Å². The average molecular weight is 526 g/mol. The van der Waals surface area contributed by atoms with Gasteiger partial charge in [-0.15, -0.1) is 0 Å². The van der Waals surface area contributed by atoms with Crippen LogP contribution in [0.3, 0.4) is 0 Å². The third-order valence-corrected chi connectivity index (χ3v) is 8.44. The monoisotopic (exact) mass is 525 g/mol. The van der Waals surface area contributed by atoms with E-state index in [1.165, 1.54) is 17.8 Å². The summed E-state index contributed by atoms with van der Waals surface area (Å²) in [7, 11) is -3.24. The maximum Gasteiger partial charge on any atom is 0.234 e. The van der Waals surface area contributed by atoms with Crippen LogP contribution in [0.1, 0.15) is 12.5 Å². The van der Waals surface area contributed by atoms with Crippen LogP contribution in [0.5, 0.6) is 0 Å². The van der Waals surface area contributed by atoms with Crippen LogP contribution in [-0.2, 0) is 21.1 Å². The summed E-state index contributed by atoms with van der Waals surface area (Å²) in [6, 6.07) is 11.3. The third kappa shape index (κ3) is 4.80. The van der Waals surface area contributed by atoms with Crippen molar-refractivity contribution in [3.05, 3.63) is 58.3 Å². The van der Waals surface area contributed by atoms with Gasteiger partial charge in [0.1, 0.15) is 5.82 Å². The predicted molar refractivity (Wildman–Crippen MR) is 127 cm³/mol. The zero-order chi connectivity index (χ0) is 22.2. The molecule has 2 heterocycles. The Morgan fingerprint density at radius 2 is 2.06 bits per heavy atom. The van der Waals surface area contributed by atoms with Crippen LogP contribution < -0.4 is 10.2 Å². The van der Waals surface area contributed by atoms with Gasteiger partial charge in [0.25, 0.3) is 0 Å². The number of hydrogen-bond acceptors (Lipinski definition) is 6. The topological polar surface area (TPSA) is 78.8 Å². The number of nitrogens with zero attached hydrogens (tertiary/aromatic N) is 2. The second-order valence-electron chi connectivity index (χ2n) is 7.44. The van der Waals surface area contributed by atoms with E-state index in [4.69, 9.17) is 0 Å². The van der Waals surface area contributed by atoms with Gasteiger partial charge >= 0.3 is 0 Å². The molecule has 2 aliphatic rings. The van der Waals surface area contributed by atoms with Gasteiger partial charge in [0.15, 0.2) is 15.0 Å². The summed E-state index contributed by atoms with van der Waals surface area (Å²) in [6.07, 6.45) is 0.796. The van der Waals surface area contributed by atoms with Crippen LogP contribution in [0.25, 0.3) is 0 Å². The summed E-state index contributed by atoms with van der Waals surface area (Å²) in [4.78, 5) is 18.7. The highest BCUT2D eigenvalue weighted by Gasteiger charge is 2.47. The van der Waals surface area contributed by atoms with Crippen molar-refractivity contribution in [3.8, 4) is 0 Å². The standard InChI is InChI=1S/C21H21BrFN3O3S2/c1-2-13-5-3-4-6-16(13)24-20(27)10-30-21-25-17-11-31(28,29)12-19(17)26(21)18-8-7-14(22)9-15(18)23/h3-9,17,19H,2,10-12H2,1H3,(H,24,27). The molecule has 1 saturated heterocycles. The molecular formula is C21H21BrFN3O3S2. The number of halogens is 2. The predicted octanol–water partition coefficient (Wildman–Crippen LogP) is 3.86. The van der Waals surface area contributed by atoms with E-state index in [1.807, 2.05) is 31.2 Å². The Morgan fingerprint density at radius 1 is 1.29 bits per heavy atom. The van der Waals surface area contributed by atoms with Crippen molar-refractivity contribution < 1.29 is 17.6 Å². The Balaban J connectivity index is 1.53. The molecule has 1 fully saturated rings. The van der Waals surface area contributed by atoms with Crippen molar-refractivity contribution in [2.24, 2.45) is 4.99 Å². The molecule has 164 valence electrons. The van der Waals surface area contributed by atoms with Gasteiger partial charge in [-0.25, -0.2) is 12.8 Å². The molecule has 2 atom stereocenters. The number of carbonyl (C=O) groups excluding carboxylic acids is 1. The first kappa shape index (κ1) is 22.3. The van der Waals surface area contributed by atoms with Crippen molar-refractivity contribution >= 4 is 60.0 Å². The van der Waals surface area contributed by atoms with E-state index in [1.54, 1.807) is 17.0 Å². The Kier molecular flexibility index (Phi) is 6.41. The van der Waals surface area contributed by atoms with Crippen molar-refractivity contribution in [3.63, 3.8) is 0 Å². The quantitative estimate of drug-likeness (QED) is 0.641. The largest absolute Gasteiger partial charge is 0.325 e. The molecule has 6 nitrogen and oxygen atoms in total. The summed E-state index contributed by atoms with van der Waals surface area (Å²) < 4.78 is 39.6. The van der Waals surface area contributed by atoms with E-state index in [0.717, 1.165) is 17.7 Å². The van der Waals surface area contributed by atoms with Gasteiger partial charge < -0.3 is 10.2 Å². The number of fused-ring (bicyclic) bond motifs is 1. The van der Waals surface area contributed by atoms with Gasteiger partial charge in [-0.05, 0) is 36.2 Å². The number of para-hydroxylation sites is 1. The second-order valence-corrected chi connectivity index (χ2v) is 11.4. The first-order chi connectivity index (χ1) is 14.8. The summed E-state index contributed by atoms with van der Waals surface area (Å²) >= 11 is 4.43. The Labute approximate surface area is 193 Å². The highest BCUT2D eigenvalue weighted by Crippen LogP contribution is 2.37. The third-order valence-electron chi connectivity index (χ3n) is 5.28. The maximum absolute atomic E-state index is 14.7. The van der Waals surface area contributed by atoms with Crippen LogP contribution in [0.15, 0.2) is 51.9 Å². The van der Waals surface area contributed by atoms with Crippen LogP contribution in [-0.4, -0.2) is 48.8 Å². The van der Waals surface area contributed by atoms with E-state index >= 15 is 0 Å². The van der Waals surface area contributed by atoms with Gasteiger partial charge in [0.05, 0.1) is 35.0 Å². The molecule has 0 aromatic heterocycles. The molecule has 0 bridgehead atoms. The molecule has 2 aromatic rings. The number of rotatable bonds is 5. The molecule has 0 spiro atoms. The minimum absolute atomic E-state index is 0.0631. The van der Waals surface area contributed by atoms with E-state index in [-0.39, 0.29) is 28.9 Å². The highest BCUT2D eigenvalue weighted by atomic mass is 79.9. The maximum atomic E-state index is 14.7. The first-order valence-electron chi connectivity index (χ1n) is 9.80. The summed E-state index contributed by atoms with van der Waals surface area (Å²) in [5.74, 6) is -0.746. The highest BCUT2D eigenvalue weighted by molar-refractivity contribution is 9.10. The van der Waals surface area contributed by atoms with E-state index in [9.17, 15) is 17.6 Å². The molecular weight excluding hydrogens is 505 g/mol. The van der Waals surface area contributed by atoms with Gasteiger partial charge in [-0.1, -0.05) is 52.8 Å². The molecule has 2 aromatic carbocycles. The summed E-state index contributed by atoms with van der Waals surface area (Å²) in [5, 5.41) is 3.38. The molecule has 10 heteroatoms. The molecule has 4 rings (SSSR count). The van der Waals surface area contributed by atoms with Crippen molar-refractivity contribution in [1.82, 2.24) is 0 Å². The lowest BCUT2D eigenvalue weighted by molar-refractivity contribution is -0.113. The number of anilines is 2. The van der Waals surface area contributed by atoms with Crippen LogP contribution >= 0.6 is 27.7 Å². The van der Waals surface area contributed by atoms with Crippen molar-refractivity contribution in [2.75, 3.05) is 27.5 Å². The van der Waals surface area contributed by atoms with Crippen LogP contribution in [0.4, 0.5) is 15.8 Å². The summed E-state index contributed by atoms with van der Waals surface area (Å²) in [6.45, 7) is 2.02. The number of hydrogen-bond donors (Lipinski definition) is 1. The van der Waals surface area contributed by atoms with Crippen molar-refractivity contribution in [1.29, 1.82) is 0 Å². The van der Waals surface area contributed by atoms with Crippen LogP contribution in [0, 0.1) is 5.82 Å². The fourth-order valence-electron chi connectivity index (χ4n) is 3.86. The molecule has 0 saturated carbocycles. The molecule has 1 N–H and O–H groups in total. The Bertz CT molecular complexity index is 1160. The van der Waals surface area contributed by atoms with Crippen molar-refractivity contribution in [2.45, 2.75) is 25.4 Å². The molecule has 2 aliphatic heterocycles. The summed E-state index contributed by atoms with van der Waals surface area (Å²) in [5.41, 5.74) is 2.07. The van der Waals surface area contributed by atoms with E-state index in [0.29, 0.717) is 9.64 Å². The number of nitrogens with one attached hydrogen (secondary N) is 1. The van der Waals surface area contributed by atoms with Gasteiger partial charge in [0, 0.05) is 10.2 Å². The Morgan fingerprint density at radius 3 is 2.81 bits per heavy atom. The zero-order valence-electron chi connectivity index (χ0n) is 16.7. The number of thioether (sulfide) groups is 1. The van der Waals surface area contributed by atoms with Gasteiger partial charge in [-0.2, -0.15) is 0 Å². The number of benzene rings is 2. The Hall–Kier alpha value is -1.91. The number of sulfone groups is 1. The normalized spacial score (nSPS) is 21.6. The fourth-order valence-corrected chi connectivity index (χ4v) is 6.95. The molecule has 0 aliphatic carbocycles. The average Bonchev–Trinajstić information content (AvgIpc) is 3.18. The number of aliphatic imine (C=N–C) groups is 1. The molecule has 1 amide bonds. The first-order valence-corrected chi connectivity index (χ1v) is 13.4. The van der Waals surface area contributed by atoms with E-state index in [2.05, 4.69) is 26.2 Å². The minimum atomic E-state index is -3.24. The lowest BCUT2D eigenvalue weighted by Gasteiger charge is -2.26. The lowest BCUT2D eigenvalue weighted by atomic mass is 10.1. The SMILES string of the molecule is CCc1ccccc1NC(=O)CSC1=NC2CS(=O)(=O)CC2N1c1ccc(Br)cc1F. The molecule has 0 radical (unpaired) electrons. The smallest absolute Gasteiger partial charge is 0.234 e. The van der Waals surface area contributed by atoms with Crippen LogP contribution in [0.2, 0.25) is 0 Å². The lowest BCUT2D eigenvalue weighted by Crippen LogP contribution is -2.40. The number of amides is 1.